The molecule has 0 spiro atoms. The second kappa shape index (κ2) is 9.29. The van der Waals surface area contributed by atoms with Crippen LogP contribution in [-0.4, -0.2) is 92.0 Å². The van der Waals surface area contributed by atoms with E-state index in [0.29, 0.717) is 23.9 Å². The number of thiophene rings is 1. The van der Waals surface area contributed by atoms with Gasteiger partial charge in [-0.1, -0.05) is 17.7 Å². The van der Waals surface area contributed by atoms with E-state index in [0.717, 1.165) is 27.1 Å². The zero-order chi connectivity index (χ0) is 25.8. The predicted octanol–water partition coefficient (Wildman–Crippen LogP) is 1.78. The summed E-state index contributed by atoms with van der Waals surface area (Å²) in [5.41, 5.74) is 4.00. The molecule has 0 saturated carbocycles. The maximum atomic E-state index is 13.5. The zero-order valence-corrected chi connectivity index (χ0v) is 22.4. The summed E-state index contributed by atoms with van der Waals surface area (Å²) in [6, 6.07) is 5.43. The van der Waals surface area contributed by atoms with Crippen LogP contribution < -0.4 is 10.7 Å². The molecule has 36 heavy (non-hydrogen) atoms. The van der Waals surface area contributed by atoms with Crippen LogP contribution in [0.15, 0.2) is 40.1 Å². The van der Waals surface area contributed by atoms with Crippen molar-refractivity contribution in [3.8, 4) is 0 Å². The highest BCUT2D eigenvalue weighted by atomic mass is 35.5. The Kier molecular flexibility index (Phi) is 6.43. The van der Waals surface area contributed by atoms with Gasteiger partial charge in [0.05, 0.1) is 5.70 Å². The lowest BCUT2D eigenvalue weighted by Crippen LogP contribution is -2.64. The molecule has 3 amide bonds. The lowest BCUT2D eigenvalue weighted by Gasteiger charge is -2.42. The number of benzene rings is 1. The molecule has 1 aromatic heterocycles. The van der Waals surface area contributed by atoms with Crippen molar-refractivity contribution in [3.63, 3.8) is 0 Å². The third-order valence-electron chi connectivity index (χ3n) is 6.75. The van der Waals surface area contributed by atoms with Crippen LogP contribution in [0.1, 0.15) is 13.3 Å². The number of rotatable bonds is 3. The minimum Gasteiger partial charge on any atom is -0.453 e. The molecule has 194 valence electrons. The van der Waals surface area contributed by atoms with Crippen LogP contribution in [0, 0.1) is 0 Å². The van der Waals surface area contributed by atoms with E-state index < -0.39 is 28.0 Å². The Hall–Kier alpha value is -2.74. The molecule has 5 rings (SSSR count). The number of ether oxygens (including phenoxy) is 1. The summed E-state index contributed by atoms with van der Waals surface area (Å²) in [6.45, 7) is 2.28. The van der Waals surface area contributed by atoms with E-state index in [2.05, 4.69) is 10.7 Å². The van der Waals surface area contributed by atoms with Crippen molar-refractivity contribution < 1.29 is 22.7 Å². The summed E-state index contributed by atoms with van der Waals surface area (Å²) in [7, 11) is -0.485. The highest BCUT2D eigenvalue weighted by Gasteiger charge is 2.43. The van der Waals surface area contributed by atoms with Gasteiger partial charge in [-0.05, 0) is 30.5 Å². The summed E-state index contributed by atoms with van der Waals surface area (Å²) in [5.74, 6) is 0.0842. The number of likely N-dealkylation sites (N-methyl/N-ethyl adjacent to an activating group) is 1. The first-order valence-corrected chi connectivity index (χ1v) is 14.1. The number of fused-ring (bicyclic) bond motifs is 1. The molecule has 3 aliphatic heterocycles. The van der Waals surface area contributed by atoms with Gasteiger partial charge >= 0.3 is 6.03 Å². The van der Waals surface area contributed by atoms with Crippen molar-refractivity contribution in [2.45, 2.75) is 29.8 Å². The SMILES string of the molecule is CNC(=O)C1CN(S(=O)(=O)c2cc3ccc(Cl)cc3s2)CCN1C(=O)N1CCC2=C(N1)OC(C)N2C. The highest BCUT2D eigenvalue weighted by Crippen LogP contribution is 2.34. The second-order valence-electron chi connectivity index (χ2n) is 8.83. The molecule has 4 heterocycles. The number of sulfonamides is 1. The maximum absolute atomic E-state index is 13.5. The molecule has 1 aromatic carbocycles. The largest absolute Gasteiger partial charge is 0.453 e. The zero-order valence-electron chi connectivity index (χ0n) is 20.0. The van der Waals surface area contributed by atoms with E-state index in [1.54, 1.807) is 24.3 Å². The van der Waals surface area contributed by atoms with E-state index >= 15 is 0 Å². The van der Waals surface area contributed by atoms with Crippen LogP contribution in [0.4, 0.5) is 4.79 Å². The molecule has 3 aliphatic rings. The molecular formula is C22H27ClN6O5S2. The molecule has 11 nitrogen and oxygen atoms in total. The average Bonchev–Trinajstić information content (AvgIpc) is 3.42. The van der Waals surface area contributed by atoms with Crippen molar-refractivity contribution in [2.24, 2.45) is 0 Å². The number of hydrogen-bond donors (Lipinski definition) is 2. The maximum Gasteiger partial charge on any atom is 0.339 e. The number of carbonyl (C=O) groups excluding carboxylic acids is 2. The highest BCUT2D eigenvalue weighted by molar-refractivity contribution is 7.91. The van der Waals surface area contributed by atoms with Crippen molar-refractivity contribution in [1.29, 1.82) is 0 Å². The van der Waals surface area contributed by atoms with Crippen molar-refractivity contribution in [2.75, 3.05) is 40.3 Å². The Morgan fingerprint density at radius 2 is 2.00 bits per heavy atom. The molecule has 0 bridgehead atoms. The monoisotopic (exact) mass is 554 g/mol. The Morgan fingerprint density at radius 1 is 1.22 bits per heavy atom. The number of amides is 3. The van der Waals surface area contributed by atoms with Crippen LogP contribution in [-0.2, 0) is 19.6 Å². The number of hydrazine groups is 1. The number of hydrogen-bond acceptors (Lipinski definition) is 8. The quantitative estimate of drug-likeness (QED) is 0.594. The number of piperazine rings is 1. The third-order valence-corrected chi connectivity index (χ3v) is 10.4. The van der Waals surface area contributed by atoms with Crippen LogP contribution in [0.25, 0.3) is 10.1 Å². The standard InChI is InChI=1S/C22H27ClN6O5S2/c1-13-26(3)16-6-7-29(25-21(16)34-13)22(31)28-9-8-27(12-17(28)20(30)24-2)36(32,33)19-10-14-4-5-15(23)11-18(14)35-19/h4-5,10-11,13,17,25H,6-9,12H2,1-3H3,(H,24,30). The summed E-state index contributed by atoms with van der Waals surface area (Å²) in [5, 5.41) is 5.28. The Bertz CT molecular complexity index is 1360. The molecule has 1 saturated heterocycles. The average molecular weight is 555 g/mol. The van der Waals surface area contributed by atoms with Gasteiger partial charge in [-0.25, -0.2) is 18.2 Å². The smallest absolute Gasteiger partial charge is 0.339 e. The first-order chi connectivity index (χ1) is 17.1. The van der Waals surface area contributed by atoms with Crippen molar-refractivity contribution >= 4 is 55.0 Å². The molecule has 1 fully saturated rings. The predicted molar refractivity (Wildman–Crippen MR) is 135 cm³/mol. The molecule has 2 atom stereocenters. The fourth-order valence-corrected chi connectivity index (χ4v) is 7.87. The van der Waals surface area contributed by atoms with Gasteiger partial charge in [-0.15, -0.1) is 11.3 Å². The van der Waals surface area contributed by atoms with Crippen molar-refractivity contribution in [1.82, 2.24) is 29.9 Å². The summed E-state index contributed by atoms with van der Waals surface area (Å²) < 4.78 is 35.0. The minimum atomic E-state index is -3.88. The van der Waals surface area contributed by atoms with Gasteiger partial charge in [0, 0.05) is 56.4 Å². The van der Waals surface area contributed by atoms with Gasteiger partial charge in [0.15, 0.2) is 6.23 Å². The lowest BCUT2D eigenvalue weighted by atomic mass is 10.2. The van der Waals surface area contributed by atoms with Gasteiger partial charge in [-0.3, -0.25) is 10.2 Å². The van der Waals surface area contributed by atoms with Gasteiger partial charge < -0.3 is 19.9 Å². The second-order valence-corrected chi connectivity index (χ2v) is 12.5. The number of nitrogens with zero attached hydrogens (tertiary/aromatic N) is 4. The number of urea groups is 1. The van der Waals surface area contributed by atoms with Gasteiger partial charge in [0.1, 0.15) is 10.3 Å². The van der Waals surface area contributed by atoms with E-state index in [4.69, 9.17) is 16.3 Å². The Labute approximate surface area is 218 Å². The van der Waals surface area contributed by atoms with E-state index in [-0.39, 0.29) is 30.1 Å². The molecule has 2 aromatic rings. The first-order valence-electron chi connectivity index (χ1n) is 11.5. The first kappa shape index (κ1) is 24.9. The van der Waals surface area contributed by atoms with Crippen LogP contribution in [0.2, 0.25) is 5.02 Å². The summed E-state index contributed by atoms with van der Waals surface area (Å²) in [6.07, 6.45) is 0.457. The van der Waals surface area contributed by atoms with Gasteiger partial charge in [0.2, 0.25) is 11.8 Å². The summed E-state index contributed by atoms with van der Waals surface area (Å²) in [4.78, 5) is 29.7. The summed E-state index contributed by atoms with van der Waals surface area (Å²) >= 11 is 7.19. The van der Waals surface area contributed by atoms with Crippen LogP contribution >= 0.6 is 22.9 Å². The van der Waals surface area contributed by atoms with Crippen molar-refractivity contribution in [3.05, 3.63) is 40.9 Å². The molecular weight excluding hydrogens is 528 g/mol. The molecule has 2 unspecified atom stereocenters. The van der Waals surface area contributed by atoms with Crippen LogP contribution in [0.3, 0.4) is 0 Å². The third kappa shape index (κ3) is 4.23. The Balaban J connectivity index is 1.36. The van der Waals surface area contributed by atoms with E-state index in [1.807, 2.05) is 18.9 Å². The fraction of sp³-hybridized carbons (Fsp3) is 0.455. The molecule has 14 heteroatoms. The molecule has 2 N–H and O–H groups in total. The van der Waals surface area contributed by atoms with Gasteiger partial charge in [0.25, 0.3) is 10.0 Å². The minimum absolute atomic E-state index is 0.0636. The van der Waals surface area contributed by atoms with E-state index in [1.165, 1.54) is 21.3 Å². The normalized spacial score (nSPS) is 22.9. The number of carbonyl (C=O) groups is 2. The van der Waals surface area contributed by atoms with E-state index in [9.17, 15) is 18.0 Å². The van der Waals surface area contributed by atoms with Crippen LogP contribution in [0.5, 0.6) is 0 Å². The fourth-order valence-electron chi connectivity index (χ4n) is 4.60. The Morgan fingerprint density at radius 3 is 2.75 bits per heavy atom. The van der Waals surface area contributed by atoms with Gasteiger partial charge in [-0.2, -0.15) is 4.31 Å². The number of halogens is 1. The molecule has 0 radical (unpaired) electrons. The topological polar surface area (TPSA) is 115 Å². The molecule has 0 aliphatic carbocycles. The number of nitrogens with one attached hydrogen (secondary N) is 2. The lowest BCUT2D eigenvalue weighted by molar-refractivity contribution is -0.126.